The van der Waals surface area contributed by atoms with Gasteiger partial charge in [0.2, 0.25) is 0 Å². The van der Waals surface area contributed by atoms with Gasteiger partial charge in [0.1, 0.15) is 0 Å². The first-order chi connectivity index (χ1) is 2.00. The van der Waals surface area contributed by atoms with Gasteiger partial charge in [-0.3, -0.25) is 0 Å². The van der Waals surface area contributed by atoms with Crippen LogP contribution in [0.2, 0.25) is 0 Å². The van der Waals surface area contributed by atoms with E-state index in [0.717, 1.165) is 0 Å². The quantitative estimate of drug-likeness (QED) is 0.419. The Balaban J connectivity index is -0.0000000800. The third kappa shape index (κ3) is 89.4. The van der Waals surface area contributed by atoms with E-state index in [-0.39, 0.29) is 54.9 Å². The maximum atomic E-state index is 8.55. The van der Waals surface area contributed by atoms with E-state index in [2.05, 4.69) is 0 Å². The van der Waals surface area contributed by atoms with Crippen molar-refractivity contribution in [2.24, 2.45) is 0 Å². The van der Waals surface area contributed by atoms with Crippen molar-refractivity contribution in [3.8, 4) is 0 Å². The molecule has 0 aromatic rings. The Kier molecular flexibility index (Phi) is 13.1. The van der Waals surface area contributed by atoms with Gasteiger partial charge in [-0.15, -0.1) is 0 Å². The van der Waals surface area contributed by atoms with Gasteiger partial charge in [0.15, 0.2) is 0 Å². The monoisotopic (exact) mass is 266 g/mol. The third-order valence-electron chi connectivity index (χ3n) is 0. The molecule has 0 saturated heterocycles. The molecule has 0 fully saturated rings. The number of hydrogen-bond donors (Lipinski definition) is 0. The summed E-state index contributed by atoms with van der Waals surface area (Å²) >= 11 is 0. The van der Waals surface area contributed by atoms with Crippen LogP contribution in [0.1, 0.15) is 0 Å². The van der Waals surface area contributed by atoms with Crippen LogP contribution in [0.3, 0.4) is 0 Å². The van der Waals surface area contributed by atoms with Gasteiger partial charge >= 0.3 is 49.4 Å². The minimum absolute atomic E-state index is 0. The predicted octanol–water partition coefficient (Wildman–Crippen LogP) is -3.65. The maximum Gasteiger partial charge on any atom is 3.00 e. The van der Waals surface area contributed by atoms with Crippen LogP contribution in [-0.4, -0.2) is 5.48 Å². The molecule has 0 radical (unpaired) electrons. The normalized spacial score (nSPS) is 8.43. The fourth-order valence-corrected chi connectivity index (χ4v) is 0. The van der Waals surface area contributed by atoms with Crippen molar-refractivity contribution in [2.45, 2.75) is 0 Å². The fourth-order valence-electron chi connectivity index (χ4n) is 0. The minimum Gasteiger partial charge on any atom is -0.822 e. The molecule has 44 valence electrons. The second-order valence-electron chi connectivity index (χ2n) is 0.447. The minimum atomic E-state index is -5.39. The van der Waals surface area contributed by atoms with E-state index >= 15 is 0 Å². The van der Waals surface area contributed by atoms with Crippen LogP contribution >= 0.6 is 7.82 Å². The zero-order valence-electron chi connectivity index (χ0n) is 2.96. The molecule has 0 amide bonds. The topological polar surface area (TPSA) is 118 Å². The first-order valence-corrected chi connectivity index (χ1v) is 2.19. The van der Waals surface area contributed by atoms with Crippen molar-refractivity contribution >= 4 is 7.82 Å². The molecule has 0 saturated carbocycles. The van der Waals surface area contributed by atoms with Gasteiger partial charge in [0, 0.05) is 0 Å². The van der Waals surface area contributed by atoms with Crippen molar-refractivity contribution in [3.05, 3.63) is 0 Å². The van der Waals surface area contributed by atoms with Gasteiger partial charge in [-0.05, 0) is 0 Å². The molecule has 0 spiro atoms. The molecule has 0 bridgehead atoms. The molecule has 5 nitrogen and oxygen atoms in total. The number of phosphoric acid groups is 1. The molecule has 0 aromatic carbocycles. The molecule has 0 aliphatic heterocycles. The van der Waals surface area contributed by atoms with Crippen LogP contribution in [0.15, 0.2) is 0 Å². The van der Waals surface area contributed by atoms with Gasteiger partial charge in [-0.1, -0.05) is 0 Å². The third-order valence-corrected chi connectivity index (χ3v) is 0. The Labute approximate surface area is 80.8 Å². The zero-order valence-corrected chi connectivity index (χ0v) is 6.28. The summed E-state index contributed by atoms with van der Waals surface area (Å²) < 4.78 is 8.55. The van der Waals surface area contributed by atoms with Crippen LogP contribution in [0, 0.1) is 49.4 Å². The van der Waals surface area contributed by atoms with E-state index in [1.165, 1.54) is 0 Å². The molecule has 7 heteroatoms. The largest absolute Gasteiger partial charge is 3.00 e. The van der Waals surface area contributed by atoms with Crippen LogP contribution < -0.4 is 14.7 Å². The summed E-state index contributed by atoms with van der Waals surface area (Å²) in [6.45, 7) is 0. The molecule has 0 atom stereocenters. The van der Waals surface area contributed by atoms with Crippen molar-refractivity contribution in [3.63, 3.8) is 0 Å². The molecular weight excluding hydrogens is 263 g/mol. The second-order valence-corrected chi connectivity index (χ2v) is 1.34. The molecular formula is H2EuO5P. The molecule has 0 aliphatic carbocycles. The first-order valence-electron chi connectivity index (χ1n) is 0.730. The van der Waals surface area contributed by atoms with Crippen LogP contribution in [0.25, 0.3) is 0 Å². The van der Waals surface area contributed by atoms with E-state index in [0.29, 0.717) is 0 Å². The second kappa shape index (κ2) is 5.79. The average Bonchev–Trinajstić information content (AvgIpc) is 0.722. The van der Waals surface area contributed by atoms with Crippen LogP contribution in [-0.2, 0) is 4.57 Å². The van der Waals surface area contributed by atoms with Crippen LogP contribution in [0.4, 0.5) is 0 Å². The summed E-state index contributed by atoms with van der Waals surface area (Å²) in [6, 6.07) is 0. The van der Waals surface area contributed by atoms with Gasteiger partial charge in [-0.2, -0.15) is 7.82 Å². The van der Waals surface area contributed by atoms with E-state index in [4.69, 9.17) is 19.2 Å². The van der Waals surface area contributed by atoms with E-state index in [9.17, 15) is 0 Å². The molecule has 0 aromatic heterocycles. The number of rotatable bonds is 0. The Morgan fingerprint density at radius 3 is 1.14 bits per heavy atom. The van der Waals surface area contributed by atoms with Gasteiger partial charge < -0.3 is 24.7 Å². The van der Waals surface area contributed by atoms with Crippen molar-refractivity contribution in [1.82, 2.24) is 0 Å². The average molecular weight is 265 g/mol. The Morgan fingerprint density at radius 2 is 1.14 bits per heavy atom. The van der Waals surface area contributed by atoms with Gasteiger partial charge in [0.05, 0.1) is 0 Å². The van der Waals surface area contributed by atoms with Gasteiger partial charge in [0.25, 0.3) is 0 Å². The molecule has 0 rings (SSSR count). The standard InChI is InChI=1S/Eu.H3O4P.H2O/c;1-5(2,3)4;/h;(H3,1,2,3,4);1H2/q+3;;/p-3. The molecule has 0 aliphatic rings. The maximum absolute atomic E-state index is 8.55. The molecule has 2 N–H and O–H groups in total. The van der Waals surface area contributed by atoms with E-state index in [1.807, 2.05) is 0 Å². The molecule has 7 heavy (non-hydrogen) atoms. The summed E-state index contributed by atoms with van der Waals surface area (Å²) in [5.41, 5.74) is 0. The Bertz CT molecular complexity index is 54.2. The summed E-state index contributed by atoms with van der Waals surface area (Å²) in [7, 11) is -5.39. The van der Waals surface area contributed by atoms with E-state index < -0.39 is 7.82 Å². The predicted molar refractivity (Wildman–Crippen MR) is 11.2 cm³/mol. The summed E-state index contributed by atoms with van der Waals surface area (Å²) in [5.74, 6) is 0. The smallest absolute Gasteiger partial charge is 0.822 e. The molecule has 0 unspecified atom stereocenters. The van der Waals surface area contributed by atoms with Crippen LogP contribution in [0.5, 0.6) is 0 Å². The number of hydrogen-bond acceptors (Lipinski definition) is 4. The van der Waals surface area contributed by atoms with Crippen molar-refractivity contribution in [2.75, 3.05) is 0 Å². The first kappa shape index (κ1) is 15.9. The van der Waals surface area contributed by atoms with E-state index in [1.54, 1.807) is 0 Å². The summed E-state index contributed by atoms with van der Waals surface area (Å²) in [5, 5.41) is 0. The Morgan fingerprint density at radius 1 is 1.14 bits per heavy atom. The molecule has 0 heterocycles. The van der Waals surface area contributed by atoms with Gasteiger partial charge in [-0.25, -0.2) is 0 Å². The summed E-state index contributed by atoms with van der Waals surface area (Å²) in [6.07, 6.45) is 0. The summed E-state index contributed by atoms with van der Waals surface area (Å²) in [4.78, 5) is 25.6. The fraction of sp³-hybridized carbons (Fsp3) is 0. The SMILES string of the molecule is O.O=P([O-])([O-])[O-].[Eu+3]. The zero-order chi connectivity index (χ0) is 4.50. The van der Waals surface area contributed by atoms with Crippen molar-refractivity contribution in [1.29, 1.82) is 0 Å². The Hall–Kier alpha value is 1.65. The van der Waals surface area contributed by atoms with Crippen molar-refractivity contribution < 1.29 is 74.1 Å².